The van der Waals surface area contributed by atoms with Crippen molar-refractivity contribution < 1.29 is 23.8 Å². The summed E-state index contributed by atoms with van der Waals surface area (Å²) in [6.07, 6.45) is 1.44. The highest BCUT2D eigenvalue weighted by molar-refractivity contribution is 14.1. The highest BCUT2D eigenvalue weighted by Gasteiger charge is 2.14. The molecule has 0 aromatic heterocycles. The zero-order chi connectivity index (χ0) is 24.0. The van der Waals surface area contributed by atoms with Crippen LogP contribution in [-0.2, 0) is 11.4 Å². The predicted molar refractivity (Wildman–Crippen MR) is 138 cm³/mol. The normalized spacial score (nSPS) is 10.9. The summed E-state index contributed by atoms with van der Waals surface area (Å²) in [4.78, 5) is 23.6. The molecule has 0 fully saturated rings. The summed E-state index contributed by atoms with van der Waals surface area (Å²) in [6, 6.07) is 17.3. The van der Waals surface area contributed by atoms with Crippen LogP contribution in [0.3, 0.4) is 0 Å². The van der Waals surface area contributed by atoms with Crippen LogP contribution >= 0.6 is 45.2 Å². The third-order valence-electron chi connectivity index (χ3n) is 4.34. The van der Waals surface area contributed by atoms with Crippen molar-refractivity contribution in [1.82, 2.24) is 0 Å². The molecular weight excluding hydrogens is 653 g/mol. The molecule has 0 atom stereocenters. The molecule has 0 spiro atoms. The maximum atomic E-state index is 13.4. The third-order valence-corrected chi connectivity index (χ3v) is 5.94. The Morgan fingerprint density at radius 3 is 2.42 bits per heavy atom. The number of amides is 1. The molecule has 3 aromatic carbocycles. The van der Waals surface area contributed by atoms with E-state index in [9.17, 15) is 19.2 Å². The van der Waals surface area contributed by atoms with Gasteiger partial charge >= 0.3 is 5.97 Å². The second kappa shape index (κ2) is 11.2. The Hall–Kier alpha value is -2.98. The summed E-state index contributed by atoms with van der Waals surface area (Å²) in [5, 5.41) is 21.1. The van der Waals surface area contributed by atoms with Crippen molar-refractivity contribution in [3.63, 3.8) is 0 Å². The minimum absolute atomic E-state index is 0.0215. The minimum Gasteiger partial charge on any atom is -0.487 e. The summed E-state index contributed by atoms with van der Waals surface area (Å²) >= 11 is 4.19. The maximum Gasteiger partial charge on any atom is 0.335 e. The van der Waals surface area contributed by atoms with Crippen LogP contribution < -0.4 is 10.1 Å². The molecule has 0 bridgehead atoms. The Balaban J connectivity index is 1.78. The van der Waals surface area contributed by atoms with Gasteiger partial charge in [0, 0.05) is 5.69 Å². The lowest BCUT2D eigenvalue weighted by Crippen LogP contribution is -2.14. The summed E-state index contributed by atoms with van der Waals surface area (Å²) < 4.78 is 20.7. The van der Waals surface area contributed by atoms with E-state index >= 15 is 0 Å². The van der Waals surface area contributed by atoms with Gasteiger partial charge in [0.25, 0.3) is 5.91 Å². The second-order valence-corrected chi connectivity index (χ2v) is 9.07. The summed E-state index contributed by atoms with van der Waals surface area (Å²) in [5.41, 5.74) is 1.46. The zero-order valence-electron chi connectivity index (χ0n) is 16.8. The van der Waals surface area contributed by atoms with Gasteiger partial charge in [-0.3, -0.25) is 4.79 Å². The van der Waals surface area contributed by atoms with E-state index in [-0.39, 0.29) is 29.2 Å². The number of halogens is 3. The minimum atomic E-state index is -1.12. The molecule has 2 N–H and O–H groups in total. The second-order valence-electron chi connectivity index (χ2n) is 6.74. The van der Waals surface area contributed by atoms with Crippen LogP contribution in [0.15, 0.2) is 66.2 Å². The number of rotatable bonds is 7. The van der Waals surface area contributed by atoms with Gasteiger partial charge in [0.1, 0.15) is 29.8 Å². The van der Waals surface area contributed by atoms with Crippen LogP contribution in [-0.4, -0.2) is 17.0 Å². The topological polar surface area (TPSA) is 99.4 Å². The van der Waals surface area contributed by atoms with Gasteiger partial charge in [-0.2, -0.15) is 5.26 Å². The lowest BCUT2D eigenvalue weighted by molar-refractivity contribution is -0.112. The number of hydrogen-bond donors (Lipinski definition) is 2. The molecule has 166 valence electrons. The number of hydrogen-bond acceptors (Lipinski definition) is 4. The van der Waals surface area contributed by atoms with E-state index in [1.54, 1.807) is 24.3 Å². The summed E-state index contributed by atoms with van der Waals surface area (Å²) in [6.45, 7) is 0.195. The van der Waals surface area contributed by atoms with Crippen molar-refractivity contribution in [2.45, 2.75) is 6.61 Å². The Labute approximate surface area is 216 Å². The highest BCUT2D eigenvalue weighted by atomic mass is 127. The molecule has 0 heterocycles. The molecule has 3 rings (SSSR count). The summed E-state index contributed by atoms with van der Waals surface area (Å²) in [5.74, 6) is -1.49. The number of aromatic carboxylic acids is 1. The van der Waals surface area contributed by atoms with Crippen molar-refractivity contribution >= 4 is 68.8 Å². The SMILES string of the molecule is N#C/C(=C/c1cc(I)c(OCc2cccc(F)c2)c(I)c1)C(=O)Nc1cccc(C(=O)O)c1. The van der Waals surface area contributed by atoms with Gasteiger partial charge in [0.2, 0.25) is 0 Å². The molecule has 0 aliphatic carbocycles. The third kappa shape index (κ3) is 6.75. The van der Waals surface area contributed by atoms with Gasteiger partial charge in [0.15, 0.2) is 0 Å². The molecule has 0 saturated carbocycles. The first-order chi connectivity index (χ1) is 15.8. The molecule has 0 unspecified atom stereocenters. The largest absolute Gasteiger partial charge is 0.487 e. The van der Waals surface area contributed by atoms with Crippen molar-refractivity contribution in [3.8, 4) is 11.8 Å². The number of carboxylic acids is 1. The highest BCUT2D eigenvalue weighted by Crippen LogP contribution is 2.30. The molecule has 0 saturated heterocycles. The van der Waals surface area contributed by atoms with E-state index in [2.05, 4.69) is 50.5 Å². The molecule has 6 nitrogen and oxygen atoms in total. The molecule has 0 aliphatic rings. The smallest absolute Gasteiger partial charge is 0.335 e. The molecule has 9 heteroatoms. The molecule has 0 radical (unpaired) electrons. The molecule has 1 amide bonds. The van der Waals surface area contributed by atoms with Gasteiger partial charge in [-0.15, -0.1) is 0 Å². The quantitative estimate of drug-likeness (QED) is 0.187. The number of nitriles is 1. The zero-order valence-corrected chi connectivity index (χ0v) is 21.1. The fourth-order valence-corrected chi connectivity index (χ4v) is 4.95. The molecule has 3 aromatic rings. The van der Waals surface area contributed by atoms with E-state index in [1.807, 2.05) is 6.07 Å². The number of ether oxygens (including phenoxy) is 1. The predicted octanol–water partition coefficient (Wildman–Crippen LogP) is 5.86. The number of benzene rings is 3. The standard InChI is InChI=1S/C24H15FI2N2O4/c25-18-5-1-3-14(8-18)13-33-22-20(26)9-15(10-21(22)27)7-17(12-28)23(30)29-19-6-2-4-16(11-19)24(31)32/h1-11H,13H2,(H,29,30)(H,31,32)/b17-7-. The van der Waals surface area contributed by atoms with Crippen molar-refractivity contribution in [2.24, 2.45) is 0 Å². The van der Waals surface area contributed by atoms with Crippen molar-refractivity contribution in [3.05, 3.63) is 95.9 Å². The van der Waals surface area contributed by atoms with E-state index in [0.29, 0.717) is 16.9 Å². The fourth-order valence-electron chi connectivity index (χ4n) is 2.83. The van der Waals surface area contributed by atoms with Crippen LogP contribution in [0.1, 0.15) is 21.5 Å². The first-order valence-electron chi connectivity index (χ1n) is 9.39. The Morgan fingerprint density at radius 2 is 1.79 bits per heavy atom. The Morgan fingerprint density at radius 1 is 1.09 bits per heavy atom. The lowest BCUT2D eigenvalue weighted by Gasteiger charge is -2.12. The van der Waals surface area contributed by atoms with Gasteiger partial charge in [-0.25, -0.2) is 9.18 Å². The van der Waals surface area contributed by atoms with Gasteiger partial charge in [-0.05, 0) is 105 Å². The van der Waals surface area contributed by atoms with Crippen LogP contribution in [0.25, 0.3) is 6.08 Å². The van der Waals surface area contributed by atoms with Gasteiger partial charge < -0.3 is 15.2 Å². The number of anilines is 1. The molecule has 33 heavy (non-hydrogen) atoms. The van der Waals surface area contributed by atoms with Crippen molar-refractivity contribution in [1.29, 1.82) is 5.26 Å². The fraction of sp³-hybridized carbons (Fsp3) is 0.0417. The first-order valence-corrected chi connectivity index (χ1v) is 11.6. The Kier molecular flexibility index (Phi) is 8.40. The average molecular weight is 668 g/mol. The van der Waals surface area contributed by atoms with Crippen molar-refractivity contribution in [2.75, 3.05) is 5.32 Å². The van der Waals surface area contributed by atoms with E-state index in [1.165, 1.54) is 42.5 Å². The molecular formula is C24H15FI2N2O4. The number of carbonyl (C=O) groups excluding carboxylic acids is 1. The number of nitrogens with one attached hydrogen (secondary N) is 1. The lowest BCUT2D eigenvalue weighted by atomic mass is 10.1. The molecule has 0 aliphatic heterocycles. The summed E-state index contributed by atoms with van der Waals surface area (Å²) in [7, 11) is 0. The maximum absolute atomic E-state index is 13.4. The van der Waals surface area contributed by atoms with Gasteiger partial charge in [0.05, 0.1) is 12.7 Å². The van der Waals surface area contributed by atoms with E-state index < -0.39 is 11.9 Å². The number of carboxylic acid groups (broad SMARTS) is 1. The first kappa shape index (κ1) is 24.7. The van der Waals surface area contributed by atoms with E-state index in [4.69, 9.17) is 9.84 Å². The number of nitrogens with zero attached hydrogens (tertiary/aromatic N) is 1. The van der Waals surface area contributed by atoms with Gasteiger partial charge in [-0.1, -0.05) is 18.2 Å². The van der Waals surface area contributed by atoms with Crippen LogP contribution in [0, 0.1) is 24.3 Å². The van der Waals surface area contributed by atoms with Crippen LogP contribution in [0.5, 0.6) is 5.75 Å². The average Bonchev–Trinajstić information content (AvgIpc) is 2.77. The van der Waals surface area contributed by atoms with Crippen LogP contribution in [0.2, 0.25) is 0 Å². The number of carbonyl (C=O) groups is 2. The van der Waals surface area contributed by atoms with E-state index in [0.717, 1.165) is 7.14 Å². The Bertz CT molecular complexity index is 1280. The monoisotopic (exact) mass is 668 g/mol. The van der Waals surface area contributed by atoms with Crippen LogP contribution in [0.4, 0.5) is 10.1 Å².